The highest BCUT2D eigenvalue weighted by Gasteiger charge is 2.11. The van der Waals surface area contributed by atoms with Gasteiger partial charge in [0, 0.05) is 23.5 Å². The van der Waals surface area contributed by atoms with Crippen LogP contribution in [0.25, 0.3) is 0 Å². The van der Waals surface area contributed by atoms with Gasteiger partial charge in [-0.25, -0.2) is 4.79 Å². The molecule has 0 aliphatic rings. The number of pyridine rings is 1. The zero-order valence-corrected chi connectivity index (χ0v) is 13.2. The number of hydrogen-bond donors (Lipinski definition) is 0. The third kappa shape index (κ3) is 3.73. The lowest BCUT2D eigenvalue weighted by molar-refractivity contribution is 0.0517. The number of carbonyl (C=O) groups excluding carboxylic acids is 1. The molecule has 0 saturated heterocycles. The van der Waals surface area contributed by atoms with Crippen molar-refractivity contribution in [3.05, 3.63) is 101 Å². The van der Waals surface area contributed by atoms with E-state index in [-0.39, 0.29) is 0 Å². The van der Waals surface area contributed by atoms with Crippen LogP contribution in [0.1, 0.15) is 27.0 Å². The van der Waals surface area contributed by atoms with E-state index in [4.69, 9.17) is 4.84 Å². The van der Waals surface area contributed by atoms with E-state index in [1.165, 1.54) is 0 Å². The maximum Gasteiger partial charge on any atom is 0.365 e. The second-order valence-corrected chi connectivity index (χ2v) is 5.29. The minimum Gasteiger partial charge on any atom is -0.312 e. The Kier molecular flexibility index (Phi) is 4.77. The molecule has 0 atom stereocenters. The zero-order chi connectivity index (χ0) is 16.8. The first-order chi connectivity index (χ1) is 11.7. The molecule has 0 amide bonds. The Balaban J connectivity index is 1.90. The Labute approximate surface area is 140 Å². The van der Waals surface area contributed by atoms with Gasteiger partial charge in [-0.05, 0) is 31.2 Å². The minimum absolute atomic E-state index is 0.464. The van der Waals surface area contributed by atoms with Gasteiger partial charge in [0.2, 0.25) is 0 Å². The van der Waals surface area contributed by atoms with Gasteiger partial charge in [-0.2, -0.15) is 0 Å². The van der Waals surface area contributed by atoms with Gasteiger partial charge in [-0.1, -0.05) is 53.2 Å². The summed E-state index contributed by atoms with van der Waals surface area (Å²) in [6, 6.07) is 20.4. The predicted molar refractivity (Wildman–Crippen MR) is 92.9 cm³/mol. The van der Waals surface area contributed by atoms with Crippen LogP contribution in [-0.2, 0) is 4.84 Å². The van der Waals surface area contributed by atoms with Crippen molar-refractivity contribution in [3.8, 4) is 0 Å². The molecule has 0 unspecified atom stereocenters. The van der Waals surface area contributed by atoms with Crippen molar-refractivity contribution in [3.63, 3.8) is 0 Å². The zero-order valence-electron chi connectivity index (χ0n) is 13.2. The molecule has 3 aromatic rings. The summed E-state index contributed by atoms with van der Waals surface area (Å²) in [4.78, 5) is 21.4. The SMILES string of the molecule is Cc1ccc(C(=O)O/N=C(/c2ccccc2)c2ccncc2)cc1. The molecular formula is C20H16N2O2. The number of aromatic nitrogens is 1. The monoisotopic (exact) mass is 316 g/mol. The van der Waals surface area contributed by atoms with Gasteiger partial charge in [0.1, 0.15) is 5.71 Å². The summed E-state index contributed by atoms with van der Waals surface area (Å²) in [5.41, 5.74) is 3.81. The predicted octanol–water partition coefficient (Wildman–Crippen LogP) is 4.00. The highest BCUT2D eigenvalue weighted by molar-refractivity contribution is 6.12. The Morgan fingerprint density at radius 2 is 1.46 bits per heavy atom. The van der Waals surface area contributed by atoms with E-state index < -0.39 is 5.97 Å². The number of aryl methyl sites for hydroxylation is 1. The molecule has 0 N–H and O–H groups in total. The van der Waals surface area contributed by atoms with E-state index in [1.807, 2.05) is 61.5 Å². The first-order valence-electron chi connectivity index (χ1n) is 7.56. The van der Waals surface area contributed by atoms with Crippen LogP contribution in [0.2, 0.25) is 0 Å². The second kappa shape index (κ2) is 7.33. The van der Waals surface area contributed by atoms with Crippen molar-refractivity contribution < 1.29 is 9.63 Å². The topological polar surface area (TPSA) is 51.5 Å². The van der Waals surface area contributed by atoms with Gasteiger partial charge in [0.15, 0.2) is 0 Å². The molecule has 0 radical (unpaired) electrons. The molecule has 24 heavy (non-hydrogen) atoms. The number of benzene rings is 2. The van der Waals surface area contributed by atoms with Crippen molar-refractivity contribution in [2.75, 3.05) is 0 Å². The maximum atomic E-state index is 12.2. The van der Waals surface area contributed by atoms with Crippen molar-refractivity contribution in [1.82, 2.24) is 4.98 Å². The lowest BCUT2D eigenvalue weighted by atomic mass is 10.0. The van der Waals surface area contributed by atoms with Gasteiger partial charge in [0.25, 0.3) is 0 Å². The standard InChI is InChI=1S/C20H16N2O2/c1-15-7-9-18(10-8-15)20(23)24-22-19(16-5-3-2-4-6-16)17-11-13-21-14-12-17/h2-14H,1H3/b22-19-. The molecule has 0 aliphatic heterocycles. The van der Waals surface area contributed by atoms with E-state index in [0.717, 1.165) is 16.7 Å². The maximum absolute atomic E-state index is 12.2. The number of hydrogen-bond acceptors (Lipinski definition) is 4. The molecule has 118 valence electrons. The van der Waals surface area contributed by atoms with Crippen LogP contribution in [-0.4, -0.2) is 16.7 Å². The van der Waals surface area contributed by atoms with E-state index in [2.05, 4.69) is 10.1 Å². The summed E-state index contributed by atoms with van der Waals surface area (Å²) in [7, 11) is 0. The molecule has 0 fully saturated rings. The molecule has 2 aromatic carbocycles. The van der Waals surface area contributed by atoms with Crippen LogP contribution in [0.4, 0.5) is 0 Å². The first kappa shape index (κ1) is 15.6. The van der Waals surface area contributed by atoms with Crippen molar-refractivity contribution in [1.29, 1.82) is 0 Å². The largest absolute Gasteiger partial charge is 0.365 e. The quantitative estimate of drug-likeness (QED) is 0.415. The molecule has 3 rings (SSSR count). The molecule has 1 heterocycles. The average Bonchev–Trinajstić information content (AvgIpc) is 2.64. The molecule has 1 aromatic heterocycles. The van der Waals surface area contributed by atoms with Gasteiger partial charge < -0.3 is 4.84 Å². The second-order valence-electron chi connectivity index (χ2n) is 5.29. The highest BCUT2D eigenvalue weighted by Crippen LogP contribution is 2.12. The van der Waals surface area contributed by atoms with Crippen molar-refractivity contribution in [2.45, 2.75) is 6.92 Å². The lowest BCUT2D eigenvalue weighted by Gasteiger charge is -2.06. The van der Waals surface area contributed by atoms with Crippen LogP contribution < -0.4 is 0 Å². The van der Waals surface area contributed by atoms with Crippen molar-refractivity contribution in [2.24, 2.45) is 5.16 Å². The molecule has 0 spiro atoms. The summed E-state index contributed by atoms with van der Waals surface area (Å²) < 4.78 is 0. The number of nitrogens with zero attached hydrogens (tertiary/aromatic N) is 2. The van der Waals surface area contributed by atoms with E-state index in [1.54, 1.807) is 24.5 Å². The van der Waals surface area contributed by atoms with Crippen LogP contribution in [0.15, 0.2) is 84.3 Å². The van der Waals surface area contributed by atoms with Crippen LogP contribution >= 0.6 is 0 Å². The Morgan fingerprint density at radius 1 is 0.833 bits per heavy atom. The fourth-order valence-corrected chi connectivity index (χ4v) is 2.21. The summed E-state index contributed by atoms with van der Waals surface area (Å²) in [5, 5.41) is 4.10. The molecule has 0 saturated carbocycles. The van der Waals surface area contributed by atoms with Crippen LogP contribution in [0.5, 0.6) is 0 Å². The molecule has 0 aliphatic carbocycles. The molecular weight excluding hydrogens is 300 g/mol. The Morgan fingerprint density at radius 3 is 2.12 bits per heavy atom. The summed E-state index contributed by atoms with van der Waals surface area (Å²) in [6.07, 6.45) is 3.35. The van der Waals surface area contributed by atoms with Crippen molar-refractivity contribution >= 4 is 11.7 Å². The Bertz CT molecular complexity index is 800. The van der Waals surface area contributed by atoms with Gasteiger partial charge in [-0.3, -0.25) is 4.98 Å². The summed E-state index contributed by atoms with van der Waals surface area (Å²) >= 11 is 0. The molecule has 4 nitrogen and oxygen atoms in total. The lowest BCUT2D eigenvalue weighted by Crippen LogP contribution is -2.08. The van der Waals surface area contributed by atoms with Gasteiger partial charge >= 0.3 is 5.97 Å². The minimum atomic E-state index is -0.488. The third-order valence-corrected chi connectivity index (χ3v) is 3.51. The van der Waals surface area contributed by atoms with Crippen LogP contribution in [0, 0.1) is 6.92 Å². The fourth-order valence-electron chi connectivity index (χ4n) is 2.21. The van der Waals surface area contributed by atoms with Gasteiger partial charge in [-0.15, -0.1) is 0 Å². The molecule has 0 bridgehead atoms. The Hall–Kier alpha value is -3.27. The number of oxime groups is 1. The summed E-state index contributed by atoms with van der Waals surface area (Å²) in [5.74, 6) is -0.488. The van der Waals surface area contributed by atoms with E-state index in [0.29, 0.717) is 11.3 Å². The summed E-state index contributed by atoms with van der Waals surface area (Å²) in [6.45, 7) is 1.96. The first-order valence-corrected chi connectivity index (χ1v) is 7.56. The smallest absolute Gasteiger partial charge is 0.312 e. The van der Waals surface area contributed by atoms with Crippen LogP contribution in [0.3, 0.4) is 0 Å². The van der Waals surface area contributed by atoms with E-state index >= 15 is 0 Å². The fraction of sp³-hybridized carbons (Fsp3) is 0.0500. The van der Waals surface area contributed by atoms with Gasteiger partial charge in [0.05, 0.1) is 5.56 Å². The normalized spacial score (nSPS) is 11.1. The number of carbonyl (C=O) groups is 1. The van der Waals surface area contributed by atoms with E-state index in [9.17, 15) is 4.79 Å². The third-order valence-electron chi connectivity index (χ3n) is 3.51. The molecule has 4 heteroatoms. The average molecular weight is 316 g/mol. The highest BCUT2D eigenvalue weighted by atomic mass is 16.7. The number of rotatable bonds is 4.